The highest BCUT2D eigenvalue weighted by Crippen LogP contribution is 2.43. The third kappa shape index (κ3) is 2.73. The first kappa shape index (κ1) is 12.3. The lowest BCUT2D eigenvalue weighted by molar-refractivity contribution is 0.367. The maximum Gasteiger partial charge on any atom is 0.240 e. The summed E-state index contributed by atoms with van der Waals surface area (Å²) in [4.78, 5) is 4.41. The second-order valence-electron chi connectivity index (χ2n) is 3.94. The Morgan fingerprint density at radius 1 is 1.44 bits per heavy atom. The largest absolute Gasteiger partial charge is 0.338 e. The van der Waals surface area contributed by atoms with Crippen molar-refractivity contribution >= 4 is 23.5 Å². The van der Waals surface area contributed by atoms with Crippen LogP contribution in [0.5, 0.6) is 0 Å². The van der Waals surface area contributed by atoms with Gasteiger partial charge in [0.1, 0.15) is 0 Å². The van der Waals surface area contributed by atoms with Crippen molar-refractivity contribution < 1.29 is 4.52 Å². The van der Waals surface area contributed by atoms with E-state index in [2.05, 4.69) is 29.3 Å². The zero-order valence-electron chi connectivity index (χ0n) is 9.77. The fourth-order valence-corrected chi connectivity index (χ4v) is 4.37. The molecule has 1 saturated heterocycles. The number of hydrogen-bond donors (Lipinski definition) is 1. The summed E-state index contributed by atoms with van der Waals surface area (Å²) in [5.74, 6) is 2.60. The molecule has 2 heterocycles. The molecule has 0 bridgehead atoms. The summed E-state index contributed by atoms with van der Waals surface area (Å²) in [7, 11) is 1.87. The van der Waals surface area contributed by atoms with E-state index in [9.17, 15) is 0 Å². The minimum atomic E-state index is 0.380. The quantitative estimate of drug-likeness (QED) is 0.897. The molecule has 6 heteroatoms. The van der Waals surface area contributed by atoms with E-state index < -0.39 is 0 Å². The average Bonchev–Trinajstić information content (AvgIpc) is 2.71. The van der Waals surface area contributed by atoms with Gasteiger partial charge in [-0.3, -0.25) is 0 Å². The van der Waals surface area contributed by atoms with E-state index in [0.717, 1.165) is 11.6 Å². The molecule has 0 saturated carbocycles. The van der Waals surface area contributed by atoms with Crippen LogP contribution < -0.4 is 5.32 Å². The number of rotatable bonds is 3. The molecule has 3 atom stereocenters. The monoisotopic (exact) mass is 259 g/mol. The van der Waals surface area contributed by atoms with Crippen LogP contribution in [0.1, 0.15) is 30.8 Å². The van der Waals surface area contributed by atoms with Gasteiger partial charge in [0, 0.05) is 16.3 Å². The molecule has 1 aromatic heterocycles. The zero-order valence-corrected chi connectivity index (χ0v) is 11.4. The van der Waals surface area contributed by atoms with Gasteiger partial charge in [0.25, 0.3) is 0 Å². The van der Waals surface area contributed by atoms with E-state index in [1.807, 2.05) is 30.6 Å². The Hall–Kier alpha value is -0.200. The molecule has 1 aliphatic heterocycles. The summed E-state index contributed by atoms with van der Waals surface area (Å²) >= 11 is 3.95. The normalized spacial score (nSPS) is 30.6. The molecule has 90 valence electrons. The van der Waals surface area contributed by atoms with Gasteiger partial charge in [-0.15, -0.1) is 11.8 Å². The summed E-state index contributed by atoms with van der Waals surface area (Å²) in [6.45, 7) is 5.19. The Bertz CT molecular complexity index is 345. The van der Waals surface area contributed by atoms with Crippen LogP contribution in [-0.4, -0.2) is 33.4 Å². The van der Waals surface area contributed by atoms with Gasteiger partial charge in [-0.1, -0.05) is 19.0 Å². The van der Waals surface area contributed by atoms with E-state index in [0.29, 0.717) is 28.2 Å². The molecule has 4 nitrogen and oxygen atoms in total. The molecule has 16 heavy (non-hydrogen) atoms. The lowest BCUT2D eigenvalue weighted by atomic mass is 10.3. The highest BCUT2D eigenvalue weighted by atomic mass is 32.2. The Morgan fingerprint density at radius 2 is 2.25 bits per heavy atom. The van der Waals surface area contributed by atoms with E-state index >= 15 is 0 Å². The summed E-state index contributed by atoms with van der Waals surface area (Å²) in [6.07, 6.45) is 0. The number of hydrogen-bond acceptors (Lipinski definition) is 6. The topological polar surface area (TPSA) is 51.0 Å². The van der Waals surface area contributed by atoms with Crippen molar-refractivity contribution in [2.24, 2.45) is 0 Å². The van der Waals surface area contributed by atoms with Crippen LogP contribution in [0.25, 0.3) is 0 Å². The molecule has 0 aliphatic carbocycles. The number of thioether (sulfide) groups is 2. The van der Waals surface area contributed by atoms with Crippen molar-refractivity contribution in [2.75, 3.05) is 12.8 Å². The van der Waals surface area contributed by atoms with E-state index in [1.54, 1.807) is 0 Å². The van der Waals surface area contributed by atoms with Crippen molar-refractivity contribution in [2.45, 2.75) is 36.1 Å². The maximum atomic E-state index is 5.17. The van der Waals surface area contributed by atoms with Crippen molar-refractivity contribution in [1.82, 2.24) is 15.5 Å². The van der Waals surface area contributed by atoms with Crippen LogP contribution in [0.3, 0.4) is 0 Å². The van der Waals surface area contributed by atoms with Crippen LogP contribution in [0.2, 0.25) is 0 Å². The molecule has 0 radical (unpaired) electrons. The lowest BCUT2D eigenvalue weighted by Gasteiger charge is -2.29. The number of nitrogens with one attached hydrogen (secondary N) is 1. The van der Waals surface area contributed by atoms with Crippen LogP contribution in [-0.2, 0) is 6.54 Å². The predicted octanol–water partition coefficient (Wildman–Crippen LogP) is 2.09. The van der Waals surface area contributed by atoms with E-state index in [1.165, 1.54) is 0 Å². The first-order valence-electron chi connectivity index (χ1n) is 5.45. The van der Waals surface area contributed by atoms with Crippen molar-refractivity contribution in [3.8, 4) is 0 Å². The lowest BCUT2D eigenvalue weighted by Crippen LogP contribution is -2.22. The zero-order chi connectivity index (χ0) is 11.5. The summed E-state index contributed by atoms with van der Waals surface area (Å²) < 4.78 is 5.17. The van der Waals surface area contributed by atoms with Crippen LogP contribution in [0.15, 0.2) is 4.52 Å². The summed E-state index contributed by atoms with van der Waals surface area (Å²) in [5.41, 5.74) is 0. The van der Waals surface area contributed by atoms with Gasteiger partial charge in [-0.25, -0.2) is 0 Å². The first-order chi connectivity index (χ1) is 7.70. The highest BCUT2D eigenvalue weighted by Gasteiger charge is 2.29. The first-order valence-corrected chi connectivity index (χ1v) is 7.44. The van der Waals surface area contributed by atoms with E-state index in [-0.39, 0.29) is 0 Å². The minimum absolute atomic E-state index is 0.380. The van der Waals surface area contributed by atoms with Crippen LogP contribution in [0.4, 0.5) is 0 Å². The third-order valence-electron chi connectivity index (χ3n) is 2.65. The second-order valence-corrected chi connectivity index (χ2v) is 6.94. The molecular weight excluding hydrogens is 242 g/mol. The third-order valence-corrected chi connectivity index (χ3v) is 6.04. The van der Waals surface area contributed by atoms with Gasteiger partial charge < -0.3 is 9.84 Å². The molecule has 0 amide bonds. The number of aromatic nitrogens is 2. The molecule has 0 spiro atoms. The fraction of sp³-hybridized carbons (Fsp3) is 0.800. The molecule has 1 aromatic rings. The van der Waals surface area contributed by atoms with Gasteiger partial charge in [-0.05, 0) is 7.05 Å². The molecule has 2 rings (SSSR count). The Balaban J connectivity index is 2.01. The summed E-state index contributed by atoms with van der Waals surface area (Å²) in [6, 6.07) is 0. The van der Waals surface area contributed by atoms with Crippen molar-refractivity contribution in [3.05, 3.63) is 11.7 Å². The van der Waals surface area contributed by atoms with Gasteiger partial charge in [0.2, 0.25) is 5.89 Å². The maximum absolute atomic E-state index is 5.17. The Morgan fingerprint density at radius 3 is 2.94 bits per heavy atom. The summed E-state index contributed by atoms with van der Waals surface area (Å²) in [5, 5.41) is 8.81. The Labute approximate surface area is 104 Å². The fourth-order valence-electron chi connectivity index (χ4n) is 1.54. The molecule has 1 N–H and O–H groups in total. The SMILES string of the molecule is CNCc1nc(C2CSC(C)C(C)S2)no1. The standard InChI is InChI=1S/C10H17N3OS2/c1-6-7(2)16-8(5-15-6)10-12-9(4-11-3)14-13-10/h6-8,11H,4-5H2,1-3H3. The van der Waals surface area contributed by atoms with Gasteiger partial charge >= 0.3 is 0 Å². The average molecular weight is 259 g/mol. The minimum Gasteiger partial charge on any atom is -0.338 e. The highest BCUT2D eigenvalue weighted by molar-refractivity contribution is 8.07. The van der Waals surface area contributed by atoms with Gasteiger partial charge in [0.05, 0.1) is 11.8 Å². The molecule has 3 unspecified atom stereocenters. The van der Waals surface area contributed by atoms with Crippen LogP contribution in [0, 0.1) is 0 Å². The van der Waals surface area contributed by atoms with E-state index in [4.69, 9.17) is 4.52 Å². The van der Waals surface area contributed by atoms with Gasteiger partial charge in [-0.2, -0.15) is 16.7 Å². The molecule has 1 fully saturated rings. The van der Waals surface area contributed by atoms with Crippen molar-refractivity contribution in [3.63, 3.8) is 0 Å². The number of nitrogens with zero attached hydrogens (tertiary/aromatic N) is 2. The Kier molecular flexibility index (Phi) is 4.16. The molecule has 1 aliphatic rings. The van der Waals surface area contributed by atoms with Crippen LogP contribution >= 0.6 is 23.5 Å². The smallest absolute Gasteiger partial charge is 0.240 e. The predicted molar refractivity (Wildman–Crippen MR) is 68.8 cm³/mol. The second kappa shape index (κ2) is 5.42. The molecule has 0 aromatic carbocycles. The van der Waals surface area contributed by atoms with Gasteiger partial charge in [0.15, 0.2) is 5.82 Å². The van der Waals surface area contributed by atoms with Crippen molar-refractivity contribution in [1.29, 1.82) is 0 Å². The molecular formula is C10H17N3OS2.